The topological polar surface area (TPSA) is 49.8 Å². The van der Waals surface area contributed by atoms with Crippen LogP contribution in [-0.4, -0.2) is 53.9 Å². The van der Waals surface area contributed by atoms with E-state index in [0.717, 1.165) is 11.4 Å². The van der Waals surface area contributed by atoms with Gasteiger partial charge in [0.25, 0.3) is 0 Å². The summed E-state index contributed by atoms with van der Waals surface area (Å²) in [5, 5.41) is 8.63. The Bertz CT molecular complexity index is 394. The first-order chi connectivity index (χ1) is 9.06. The summed E-state index contributed by atoms with van der Waals surface area (Å²) in [5.41, 5.74) is 1.19. The predicted octanol–water partition coefficient (Wildman–Crippen LogP) is 1.43. The first-order valence-corrected chi connectivity index (χ1v) is 7.94. The third-order valence-corrected chi connectivity index (χ3v) is 4.12. The molecule has 0 saturated heterocycles. The van der Waals surface area contributed by atoms with Gasteiger partial charge in [0, 0.05) is 34.5 Å². The molecule has 0 amide bonds. The minimum atomic E-state index is -0.926. The van der Waals surface area contributed by atoms with E-state index in [0.29, 0.717) is 13.2 Å². The maximum absolute atomic E-state index is 11.3. The maximum Gasteiger partial charge on any atom is 0.0698 e. The zero-order chi connectivity index (χ0) is 14.3. The standard InChI is InChI=1S/C14H23NO3S/c1-12(15(2)8-10-18-11-9-16)13-4-6-14(7-5-13)19(3)17/h4-7,12,16H,8-11H2,1-3H3. The molecule has 1 aromatic carbocycles. The van der Waals surface area contributed by atoms with E-state index in [4.69, 9.17) is 9.84 Å². The average Bonchev–Trinajstić information content (AvgIpc) is 2.42. The van der Waals surface area contributed by atoms with Gasteiger partial charge in [0.05, 0.1) is 19.8 Å². The number of rotatable bonds is 8. The van der Waals surface area contributed by atoms with E-state index in [1.54, 1.807) is 6.26 Å². The molecule has 5 heteroatoms. The molecule has 108 valence electrons. The van der Waals surface area contributed by atoms with Crippen LogP contribution in [0.5, 0.6) is 0 Å². The highest BCUT2D eigenvalue weighted by Gasteiger charge is 2.11. The largest absolute Gasteiger partial charge is 0.394 e. The van der Waals surface area contributed by atoms with Gasteiger partial charge in [0.15, 0.2) is 0 Å². The van der Waals surface area contributed by atoms with Crippen LogP contribution in [0.25, 0.3) is 0 Å². The summed E-state index contributed by atoms with van der Waals surface area (Å²) < 4.78 is 16.6. The zero-order valence-electron chi connectivity index (χ0n) is 11.8. The van der Waals surface area contributed by atoms with Crippen molar-refractivity contribution in [1.29, 1.82) is 0 Å². The van der Waals surface area contributed by atoms with E-state index in [1.165, 1.54) is 5.56 Å². The predicted molar refractivity (Wildman–Crippen MR) is 77.7 cm³/mol. The summed E-state index contributed by atoms with van der Waals surface area (Å²) in [5.74, 6) is 0. The highest BCUT2D eigenvalue weighted by molar-refractivity contribution is 7.84. The molecule has 19 heavy (non-hydrogen) atoms. The molecule has 0 aliphatic carbocycles. The van der Waals surface area contributed by atoms with Crippen LogP contribution in [0.1, 0.15) is 18.5 Å². The number of hydrogen-bond acceptors (Lipinski definition) is 4. The molecular formula is C14H23NO3S. The average molecular weight is 285 g/mol. The van der Waals surface area contributed by atoms with Gasteiger partial charge in [-0.05, 0) is 31.7 Å². The van der Waals surface area contributed by atoms with Gasteiger partial charge in [-0.2, -0.15) is 0 Å². The van der Waals surface area contributed by atoms with Crippen LogP contribution in [0.4, 0.5) is 0 Å². The third-order valence-electron chi connectivity index (χ3n) is 3.18. The van der Waals surface area contributed by atoms with Gasteiger partial charge in [-0.1, -0.05) is 12.1 Å². The van der Waals surface area contributed by atoms with Crippen molar-refractivity contribution in [3.05, 3.63) is 29.8 Å². The van der Waals surface area contributed by atoms with Crippen molar-refractivity contribution in [1.82, 2.24) is 4.90 Å². The Morgan fingerprint density at radius 3 is 2.47 bits per heavy atom. The fourth-order valence-electron chi connectivity index (χ4n) is 1.76. The third kappa shape index (κ3) is 5.40. The van der Waals surface area contributed by atoms with Crippen LogP contribution >= 0.6 is 0 Å². The van der Waals surface area contributed by atoms with Gasteiger partial charge < -0.3 is 9.84 Å². The van der Waals surface area contributed by atoms with Crippen molar-refractivity contribution < 1.29 is 14.1 Å². The number of ether oxygens (including phenoxy) is 1. The second-order valence-electron chi connectivity index (χ2n) is 4.52. The fourth-order valence-corrected chi connectivity index (χ4v) is 2.28. The van der Waals surface area contributed by atoms with Gasteiger partial charge in [-0.15, -0.1) is 0 Å². The minimum Gasteiger partial charge on any atom is -0.394 e. The van der Waals surface area contributed by atoms with Crippen molar-refractivity contribution in [2.45, 2.75) is 17.9 Å². The van der Waals surface area contributed by atoms with Crippen LogP contribution in [0.2, 0.25) is 0 Å². The van der Waals surface area contributed by atoms with Crippen LogP contribution in [-0.2, 0) is 15.5 Å². The van der Waals surface area contributed by atoms with Gasteiger partial charge in [0.1, 0.15) is 0 Å². The maximum atomic E-state index is 11.3. The Balaban J connectivity index is 2.51. The SMILES string of the molecule is CC(c1ccc(S(C)=O)cc1)N(C)CCOCCO. The monoisotopic (exact) mass is 285 g/mol. The molecule has 0 heterocycles. The second kappa shape index (κ2) is 8.43. The zero-order valence-corrected chi connectivity index (χ0v) is 12.7. The summed E-state index contributed by atoms with van der Waals surface area (Å²) in [6, 6.07) is 8.15. The lowest BCUT2D eigenvalue weighted by Crippen LogP contribution is -2.26. The van der Waals surface area contributed by atoms with E-state index in [9.17, 15) is 4.21 Å². The van der Waals surface area contributed by atoms with E-state index in [-0.39, 0.29) is 12.6 Å². The fraction of sp³-hybridized carbons (Fsp3) is 0.571. The number of likely N-dealkylation sites (N-methyl/N-ethyl adjacent to an activating group) is 1. The summed E-state index contributed by atoms with van der Waals surface area (Å²) in [4.78, 5) is 3.04. The van der Waals surface area contributed by atoms with E-state index >= 15 is 0 Å². The number of benzene rings is 1. The first kappa shape index (κ1) is 16.3. The van der Waals surface area contributed by atoms with Crippen LogP contribution in [0.15, 0.2) is 29.2 Å². The molecular weight excluding hydrogens is 262 g/mol. The number of aliphatic hydroxyl groups is 1. The Kier molecular flexibility index (Phi) is 7.23. The molecule has 0 fully saturated rings. The molecule has 0 radical (unpaired) electrons. The Hall–Kier alpha value is -0.750. The summed E-state index contributed by atoms with van der Waals surface area (Å²) >= 11 is 0. The summed E-state index contributed by atoms with van der Waals surface area (Å²) in [6.07, 6.45) is 1.68. The molecule has 0 aliphatic rings. The van der Waals surface area contributed by atoms with Crippen molar-refractivity contribution in [3.63, 3.8) is 0 Å². The van der Waals surface area contributed by atoms with E-state index < -0.39 is 10.8 Å². The molecule has 2 unspecified atom stereocenters. The molecule has 2 atom stereocenters. The molecule has 0 aromatic heterocycles. The number of nitrogens with zero attached hydrogens (tertiary/aromatic N) is 1. The molecule has 0 saturated carbocycles. The van der Waals surface area contributed by atoms with Gasteiger partial charge in [-0.25, -0.2) is 0 Å². The molecule has 1 N–H and O–H groups in total. The normalized spacial score (nSPS) is 14.6. The Morgan fingerprint density at radius 1 is 1.32 bits per heavy atom. The second-order valence-corrected chi connectivity index (χ2v) is 5.90. The minimum absolute atomic E-state index is 0.0644. The van der Waals surface area contributed by atoms with E-state index in [1.807, 2.05) is 31.3 Å². The highest BCUT2D eigenvalue weighted by atomic mass is 32.2. The smallest absolute Gasteiger partial charge is 0.0698 e. The van der Waals surface area contributed by atoms with Crippen LogP contribution in [0, 0.1) is 0 Å². The van der Waals surface area contributed by atoms with Gasteiger partial charge in [-0.3, -0.25) is 9.11 Å². The first-order valence-electron chi connectivity index (χ1n) is 6.38. The van der Waals surface area contributed by atoms with Crippen molar-refractivity contribution in [2.75, 3.05) is 39.7 Å². The molecule has 0 spiro atoms. The molecule has 1 aromatic rings. The summed E-state index contributed by atoms with van der Waals surface area (Å²) in [6.45, 7) is 4.00. The van der Waals surface area contributed by atoms with Crippen LogP contribution in [0.3, 0.4) is 0 Å². The highest BCUT2D eigenvalue weighted by Crippen LogP contribution is 2.19. The van der Waals surface area contributed by atoms with Crippen molar-refractivity contribution in [3.8, 4) is 0 Å². The van der Waals surface area contributed by atoms with Crippen molar-refractivity contribution >= 4 is 10.8 Å². The molecule has 0 bridgehead atoms. The lowest BCUT2D eigenvalue weighted by atomic mass is 10.1. The van der Waals surface area contributed by atoms with Gasteiger partial charge in [0.2, 0.25) is 0 Å². The lowest BCUT2D eigenvalue weighted by molar-refractivity contribution is 0.0719. The lowest BCUT2D eigenvalue weighted by Gasteiger charge is -2.25. The van der Waals surface area contributed by atoms with Gasteiger partial charge >= 0.3 is 0 Å². The molecule has 4 nitrogen and oxygen atoms in total. The molecule has 1 rings (SSSR count). The van der Waals surface area contributed by atoms with Crippen molar-refractivity contribution in [2.24, 2.45) is 0 Å². The number of aliphatic hydroxyl groups excluding tert-OH is 1. The Morgan fingerprint density at radius 2 is 1.95 bits per heavy atom. The Labute approximate surface area is 117 Å². The number of hydrogen-bond donors (Lipinski definition) is 1. The quantitative estimate of drug-likeness (QED) is 0.734. The van der Waals surface area contributed by atoms with Crippen LogP contribution < -0.4 is 0 Å². The molecule has 0 aliphatic heterocycles. The summed E-state index contributed by atoms with van der Waals surface area (Å²) in [7, 11) is 1.11. The van der Waals surface area contributed by atoms with E-state index in [2.05, 4.69) is 11.8 Å².